The summed E-state index contributed by atoms with van der Waals surface area (Å²) in [5.74, 6) is 0.606. The fourth-order valence-corrected chi connectivity index (χ4v) is 2.47. The molecule has 1 aromatic carbocycles. The van der Waals surface area contributed by atoms with E-state index in [0.717, 1.165) is 23.3 Å². The van der Waals surface area contributed by atoms with Crippen molar-refractivity contribution in [1.82, 2.24) is 14.5 Å². The van der Waals surface area contributed by atoms with Crippen LogP contribution in [0, 0.1) is 12.8 Å². The molecule has 0 atom stereocenters. The maximum absolute atomic E-state index is 4.62. The molecular weight excluding hydrogens is 222 g/mol. The van der Waals surface area contributed by atoms with Crippen LogP contribution in [-0.4, -0.2) is 14.5 Å². The van der Waals surface area contributed by atoms with Gasteiger partial charge in [-0.05, 0) is 18.9 Å². The highest BCUT2D eigenvalue weighted by atomic mass is 15.1. The molecule has 0 saturated heterocycles. The van der Waals surface area contributed by atoms with Gasteiger partial charge in [0.05, 0.1) is 23.1 Å². The summed E-state index contributed by atoms with van der Waals surface area (Å²) < 4.78 is 2.25. The number of imidazole rings is 1. The van der Waals surface area contributed by atoms with Gasteiger partial charge in [0.1, 0.15) is 5.52 Å². The van der Waals surface area contributed by atoms with Gasteiger partial charge in [0, 0.05) is 11.9 Å². The van der Waals surface area contributed by atoms with Crippen molar-refractivity contribution in [3.8, 4) is 0 Å². The van der Waals surface area contributed by atoms with Gasteiger partial charge in [-0.25, -0.2) is 4.98 Å². The number of hydrogen-bond acceptors (Lipinski definition) is 2. The van der Waals surface area contributed by atoms with Crippen LogP contribution in [0.25, 0.3) is 21.9 Å². The highest BCUT2D eigenvalue weighted by Crippen LogP contribution is 2.25. The monoisotopic (exact) mass is 239 g/mol. The number of rotatable bonds is 2. The zero-order chi connectivity index (χ0) is 12.7. The Kier molecular flexibility index (Phi) is 2.54. The highest BCUT2D eigenvalue weighted by Gasteiger charge is 2.11. The molecule has 3 heteroatoms. The first-order valence-electron chi connectivity index (χ1n) is 6.37. The first-order chi connectivity index (χ1) is 8.66. The lowest BCUT2D eigenvalue weighted by Gasteiger charge is -2.09. The summed E-state index contributed by atoms with van der Waals surface area (Å²) in [7, 11) is 0. The number of aryl methyl sites for hydroxylation is 1. The molecule has 0 radical (unpaired) electrons. The molecule has 0 bridgehead atoms. The number of nitrogens with zero attached hydrogens (tertiary/aromatic N) is 3. The molecule has 2 heterocycles. The van der Waals surface area contributed by atoms with Crippen LogP contribution in [-0.2, 0) is 6.54 Å². The van der Waals surface area contributed by atoms with Gasteiger partial charge in [-0.1, -0.05) is 32.0 Å². The van der Waals surface area contributed by atoms with Gasteiger partial charge in [-0.15, -0.1) is 0 Å². The summed E-state index contributed by atoms with van der Waals surface area (Å²) in [5, 5.41) is 1.19. The first-order valence-corrected chi connectivity index (χ1v) is 6.37. The van der Waals surface area contributed by atoms with Gasteiger partial charge in [0.2, 0.25) is 0 Å². The smallest absolute Gasteiger partial charge is 0.110 e. The Labute approximate surface area is 106 Å². The van der Waals surface area contributed by atoms with Crippen LogP contribution in [0.2, 0.25) is 0 Å². The van der Waals surface area contributed by atoms with Crippen LogP contribution in [0.15, 0.2) is 30.6 Å². The molecule has 0 fully saturated rings. The summed E-state index contributed by atoms with van der Waals surface area (Å²) in [4.78, 5) is 9.14. The minimum Gasteiger partial charge on any atom is -0.330 e. The molecule has 0 aliphatic carbocycles. The van der Waals surface area contributed by atoms with Crippen molar-refractivity contribution in [2.45, 2.75) is 27.3 Å². The lowest BCUT2D eigenvalue weighted by atomic mass is 10.1. The largest absolute Gasteiger partial charge is 0.330 e. The molecule has 0 spiro atoms. The number of aromatic nitrogens is 3. The Bertz CT molecular complexity index is 710. The van der Waals surface area contributed by atoms with Crippen molar-refractivity contribution in [2.24, 2.45) is 5.92 Å². The number of pyridine rings is 1. The maximum atomic E-state index is 4.62. The van der Waals surface area contributed by atoms with E-state index in [4.69, 9.17) is 0 Å². The number of fused-ring (bicyclic) bond motifs is 3. The van der Waals surface area contributed by atoms with E-state index in [0.29, 0.717) is 5.92 Å². The summed E-state index contributed by atoms with van der Waals surface area (Å²) in [5.41, 5.74) is 4.29. The molecule has 0 aliphatic heterocycles. The van der Waals surface area contributed by atoms with Crippen LogP contribution in [0.4, 0.5) is 0 Å². The molecule has 0 saturated carbocycles. The Balaban J connectivity index is 2.40. The van der Waals surface area contributed by atoms with Crippen molar-refractivity contribution in [1.29, 1.82) is 0 Å². The molecule has 0 amide bonds. The van der Waals surface area contributed by atoms with E-state index in [2.05, 4.69) is 46.6 Å². The maximum Gasteiger partial charge on any atom is 0.110 e. The van der Waals surface area contributed by atoms with Crippen LogP contribution in [0.5, 0.6) is 0 Å². The summed E-state index contributed by atoms with van der Waals surface area (Å²) in [6.45, 7) is 7.47. The molecule has 3 nitrogen and oxygen atoms in total. The van der Waals surface area contributed by atoms with Crippen molar-refractivity contribution in [3.05, 3.63) is 36.3 Å². The normalized spacial score (nSPS) is 11.8. The Morgan fingerprint density at radius 3 is 2.78 bits per heavy atom. The second-order valence-corrected chi connectivity index (χ2v) is 5.20. The lowest BCUT2D eigenvalue weighted by Crippen LogP contribution is -2.03. The SMILES string of the molecule is Cc1nc2ccccc2c2c1ncn2CC(C)C. The fourth-order valence-electron chi connectivity index (χ4n) is 2.47. The second-order valence-electron chi connectivity index (χ2n) is 5.20. The quantitative estimate of drug-likeness (QED) is 0.684. The van der Waals surface area contributed by atoms with Gasteiger partial charge in [0.15, 0.2) is 0 Å². The van der Waals surface area contributed by atoms with Crippen LogP contribution in [0.3, 0.4) is 0 Å². The van der Waals surface area contributed by atoms with Crippen LogP contribution < -0.4 is 0 Å². The number of benzene rings is 1. The molecular formula is C15H17N3. The summed E-state index contributed by atoms with van der Waals surface area (Å²) in [6.07, 6.45) is 1.94. The summed E-state index contributed by atoms with van der Waals surface area (Å²) >= 11 is 0. The second kappa shape index (κ2) is 4.09. The molecule has 0 N–H and O–H groups in total. The summed E-state index contributed by atoms with van der Waals surface area (Å²) in [6, 6.07) is 8.28. The fraction of sp³-hybridized carbons (Fsp3) is 0.333. The Morgan fingerprint density at radius 2 is 2.00 bits per heavy atom. The van der Waals surface area contributed by atoms with Crippen molar-refractivity contribution in [3.63, 3.8) is 0 Å². The molecule has 18 heavy (non-hydrogen) atoms. The van der Waals surface area contributed by atoms with Crippen molar-refractivity contribution < 1.29 is 0 Å². The average Bonchev–Trinajstić information content (AvgIpc) is 2.73. The topological polar surface area (TPSA) is 30.7 Å². The third-order valence-electron chi connectivity index (χ3n) is 3.19. The Morgan fingerprint density at radius 1 is 1.22 bits per heavy atom. The third-order valence-corrected chi connectivity index (χ3v) is 3.19. The van der Waals surface area contributed by atoms with Gasteiger partial charge in [0.25, 0.3) is 0 Å². The van der Waals surface area contributed by atoms with Gasteiger partial charge >= 0.3 is 0 Å². The predicted molar refractivity (Wildman–Crippen MR) is 74.6 cm³/mol. The van der Waals surface area contributed by atoms with E-state index < -0.39 is 0 Å². The molecule has 0 unspecified atom stereocenters. The zero-order valence-corrected chi connectivity index (χ0v) is 11.0. The zero-order valence-electron chi connectivity index (χ0n) is 11.0. The standard InChI is InChI=1S/C15H17N3/c1-10(2)8-18-9-16-14-11(3)17-13-7-5-4-6-12(13)15(14)18/h4-7,9-10H,8H2,1-3H3. The molecule has 92 valence electrons. The van der Waals surface area contributed by atoms with E-state index in [1.54, 1.807) is 0 Å². The molecule has 3 rings (SSSR count). The van der Waals surface area contributed by atoms with E-state index in [-0.39, 0.29) is 0 Å². The van der Waals surface area contributed by atoms with Crippen LogP contribution in [0.1, 0.15) is 19.5 Å². The third kappa shape index (κ3) is 1.67. The van der Waals surface area contributed by atoms with E-state index in [9.17, 15) is 0 Å². The van der Waals surface area contributed by atoms with Gasteiger partial charge < -0.3 is 4.57 Å². The lowest BCUT2D eigenvalue weighted by molar-refractivity contribution is 0.533. The first kappa shape index (κ1) is 11.2. The van der Waals surface area contributed by atoms with Crippen LogP contribution >= 0.6 is 0 Å². The average molecular weight is 239 g/mol. The highest BCUT2D eigenvalue weighted by molar-refractivity contribution is 6.03. The minimum absolute atomic E-state index is 0.606. The van der Waals surface area contributed by atoms with E-state index in [1.165, 1.54) is 10.9 Å². The van der Waals surface area contributed by atoms with E-state index in [1.807, 2.05) is 19.3 Å². The van der Waals surface area contributed by atoms with E-state index >= 15 is 0 Å². The Hall–Kier alpha value is -1.90. The van der Waals surface area contributed by atoms with Gasteiger partial charge in [-0.2, -0.15) is 0 Å². The number of para-hydroxylation sites is 1. The molecule has 0 aliphatic rings. The number of hydrogen-bond donors (Lipinski definition) is 0. The molecule has 2 aromatic heterocycles. The van der Waals surface area contributed by atoms with Crippen molar-refractivity contribution in [2.75, 3.05) is 0 Å². The van der Waals surface area contributed by atoms with Crippen molar-refractivity contribution >= 4 is 21.9 Å². The minimum atomic E-state index is 0.606. The van der Waals surface area contributed by atoms with Gasteiger partial charge in [-0.3, -0.25) is 4.98 Å². The predicted octanol–water partition coefficient (Wildman–Crippen LogP) is 3.55. The molecule has 3 aromatic rings.